The molecule has 19 heavy (non-hydrogen) atoms. The van der Waals surface area contributed by atoms with E-state index in [-0.39, 0.29) is 5.91 Å². The fourth-order valence-electron chi connectivity index (χ4n) is 2.06. The molecular formula is C11H16N2O6. The van der Waals surface area contributed by atoms with Gasteiger partial charge in [-0.2, -0.15) is 0 Å². The van der Waals surface area contributed by atoms with Crippen molar-refractivity contribution in [1.82, 2.24) is 10.2 Å². The average Bonchev–Trinajstić information content (AvgIpc) is 2.76. The van der Waals surface area contributed by atoms with Gasteiger partial charge in [0.25, 0.3) is 0 Å². The third-order valence-electron chi connectivity index (χ3n) is 2.95. The molecule has 2 amide bonds. The lowest BCUT2D eigenvalue weighted by atomic mass is 10.1. The van der Waals surface area contributed by atoms with Crippen LogP contribution in [0.25, 0.3) is 0 Å². The molecule has 1 saturated heterocycles. The number of carboxylic acids is 2. The SMILES string of the molecule is CC(=O)N1CCC[C@H]1C(=O)N[C@@H](CC(=O)O)C(=O)O. The summed E-state index contributed by atoms with van der Waals surface area (Å²) < 4.78 is 0. The fraction of sp³-hybridized carbons (Fsp3) is 0.636. The van der Waals surface area contributed by atoms with Crippen molar-refractivity contribution in [3.63, 3.8) is 0 Å². The molecule has 1 rings (SSSR count). The Morgan fingerprint density at radius 3 is 2.42 bits per heavy atom. The van der Waals surface area contributed by atoms with Crippen molar-refractivity contribution < 1.29 is 29.4 Å². The number of likely N-dealkylation sites (tertiary alicyclic amines) is 1. The minimum atomic E-state index is -1.49. The molecule has 106 valence electrons. The van der Waals surface area contributed by atoms with Gasteiger partial charge in [-0.3, -0.25) is 14.4 Å². The summed E-state index contributed by atoms with van der Waals surface area (Å²) in [7, 11) is 0. The van der Waals surface area contributed by atoms with Gasteiger partial charge in [-0.25, -0.2) is 4.79 Å². The molecule has 0 saturated carbocycles. The standard InChI is InChI=1S/C11H16N2O6/c1-6(14)13-4-2-3-8(13)10(17)12-7(11(18)19)5-9(15)16/h7-8H,2-5H2,1H3,(H,12,17)(H,15,16)(H,18,19)/t7-,8-/m0/s1. The zero-order valence-electron chi connectivity index (χ0n) is 10.5. The average molecular weight is 272 g/mol. The maximum Gasteiger partial charge on any atom is 0.326 e. The largest absolute Gasteiger partial charge is 0.481 e. The van der Waals surface area contributed by atoms with E-state index in [1.807, 2.05) is 0 Å². The lowest BCUT2D eigenvalue weighted by Crippen LogP contribution is -2.51. The van der Waals surface area contributed by atoms with E-state index in [1.54, 1.807) is 0 Å². The molecule has 8 nitrogen and oxygen atoms in total. The molecule has 0 aromatic carbocycles. The lowest BCUT2D eigenvalue weighted by molar-refractivity contribution is -0.148. The van der Waals surface area contributed by atoms with Crippen molar-refractivity contribution in [2.24, 2.45) is 0 Å². The van der Waals surface area contributed by atoms with Crippen LogP contribution in [0.15, 0.2) is 0 Å². The van der Waals surface area contributed by atoms with Gasteiger partial charge in [-0.05, 0) is 12.8 Å². The highest BCUT2D eigenvalue weighted by atomic mass is 16.4. The topological polar surface area (TPSA) is 124 Å². The lowest BCUT2D eigenvalue weighted by Gasteiger charge is -2.23. The second-order valence-corrected chi connectivity index (χ2v) is 4.37. The molecule has 0 bridgehead atoms. The molecule has 1 aliphatic rings. The number of carboxylic acid groups (broad SMARTS) is 2. The van der Waals surface area contributed by atoms with Crippen molar-refractivity contribution >= 4 is 23.8 Å². The van der Waals surface area contributed by atoms with E-state index in [9.17, 15) is 19.2 Å². The summed E-state index contributed by atoms with van der Waals surface area (Å²) >= 11 is 0. The number of carbonyl (C=O) groups excluding carboxylic acids is 2. The van der Waals surface area contributed by atoms with E-state index in [4.69, 9.17) is 10.2 Å². The first-order chi connectivity index (χ1) is 8.82. The maximum absolute atomic E-state index is 11.9. The number of nitrogens with zero attached hydrogens (tertiary/aromatic N) is 1. The predicted molar refractivity (Wildman–Crippen MR) is 62.2 cm³/mol. The number of rotatable bonds is 5. The summed E-state index contributed by atoms with van der Waals surface area (Å²) in [6.45, 7) is 1.78. The quantitative estimate of drug-likeness (QED) is 0.592. The smallest absolute Gasteiger partial charge is 0.326 e. The minimum absolute atomic E-state index is 0.261. The first-order valence-electron chi connectivity index (χ1n) is 5.85. The zero-order valence-corrected chi connectivity index (χ0v) is 10.5. The Labute approximate surface area is 109 Å². The van der Waals surface area contributed by atoms with E-state index in [1.165, 1.54) is 11.8 Å². The van der Waals surface area contributed by atoms with Gasteiger partial charge < -0.3 is 20.4 Å². The van der Waals surface area contributed by atoms with Gasteiger partial charge in [0.15, 0.2) is 0 Å². The Bertz CT molecular complexity index is 408. The van der Waals surface area contributed by atoms with Crippen molar-refractivity contribution in [3.05, 3.63) is 0 Å². The van der Waals surface area contributed by atoms with E-state index in [2.05, 4.69) is 5.32 Å². The Morgan fingerprint density at radius 1 is 1.32 bits per heavy atom. The van der Waals surface area contributed by atoms with Crippen LogP contribution in [-0.4, -0.2) is 57.5 Å². The number of hydrogen-bond donors (Lipinski definition) is 3. The fourth-order valence-corrected chi connectivity index (χ4v) is 2.06. The Morgan fingerprint density at radius 2 is 1.95 bits per heavy atom. The van der Waals surface area contributed by atoms with Crippen LogP contribution in [0.1, 0.15) is 26.2 Å². The molecule has 0 radical (unpaired) electrons. The number of carbonyl (C=O) groups is 4. The van der Waals surface area contributed by atoms with E-state index in [0.29, 0.717) is 19.4 Å². The zero-order chi connectivity index (χ0) is 14.6. The Hall–Kier alpha value is -2.12. The normalized spacial score (nSPS) is 19.8. The summed E-state index contributed by atoms with van der Waals surface area (Å²) in [5.74, 6) is -3.62. The van der Waals surface area contributed by atoms with Crippen LogP contribution >= 0.6 is 0 Å². The number of aliphatic carboxylic acids is 2. The molecule has 1 aliphatic heterocycles. The van der Waals surface area contributed by atoms with Crippen molar-refractivity contribution in [2.75, 3.05) is 6.54 Å². The first-order valence-corrected chi connectivity index (χ1v) is 5.85. The highest BCUT2D eigenvalue weighted by Gasteiger charge is 2.34. The van der Waals surface area contributed by atoms with Crippen LogP contribution in [0, 0.1) is 0 Å². The van der Waals surface area contributed by atoms with Gasteiger partial charge in [-0.15, -0.1) is 0 Å². The van der Waals surface area contributed by atoms with Gasteiger partial charge in [0.2, 0.25) is 11.8 Å². The number of hydrogen-bond acceptors (Lipinski definition) is 4. The second kappa shape index (κ2) is 6.17. The molecule has 2 atom stereocenters. The van der Waals surface area contributed by atoms with E-state index in [0.717, 1.165) is 0 Å². The van der Waals surface area contributed by atoms with Crippen LogP contribution in [0.4, 0.5) is 0 Å². The van der Waals surface area contributed by atoms with E-state index >= 15 is 0 Å². The molecule has 0 spiro atoms. The molecule has 1 heterocycles. The molecule has 0 aromatic rings. The van der Waals surface area contributed by atoms with Crippen LogP contribution in [-0.2, 0) is 19.2 Å². The molecule has 0 aliphatic carbocycles. The monoisotopic (exact) mass is 272 g/mol. The summed E-state index contributed by atoms with van der Waals surface area (Å²) in [6.07, 6.45) is 0.410. The van der Waals surface area contributed by atoms with Crippen molar-refractivity contribution in [3.8, 4) is 0 Å². The predicted octanol–water partition coefficient (Wildman–Crippen LogP) is -0.959. The van der Waals surface area contributed by atoms with Crippen LogP contribution in [0.5, 0.6) is 0 Å². The Kier molecular flexibility index (Phi) is 4.85. The van der Waals surface area contributed by atoms with Gasteiger partial charge in [0.05, 0.1) is 6.42 Å². The Balaban J connectivity index is 2.68. The summed E-state index contributed by atoms with van der Waals surface area (Å²) in [6, 6.07) is -2.20. The third kappa shape index (κ3) is 3.94. The summed E-state index contributed by atoms with van der Waals surface area (Å²) in [5, 5.41) is 19.6. The first kappa shape index (κ1) is 14.9. The highest BCUT2D eigenvalue weighted by Crippen LogP contribution is 2.17. The maximum atomic E-state index is 11.9. The van der Waals surface area contributed by atoms with Gasteiger partial charge in [0.1, 0.15) is 12.1 Å². The van der Waals surface area contributed by atoms with Gasteiger partial charge >= 0.3 is 11.9 Å². The van der Waals surface area contributed by atoms with Crippen molar-refractivity contribution in [2.45, 2.75) is 38.3 Å². The summed E-state index contributed by atoms with van der Waals surface area (Å²) in [5.41, 5.74) is 0. The third-order valence-corrected chi connectivity index (χ3v) is 2.95. The second-order valence-electron chi connectivity index (χ2n) is 4.37. The van der Waals surface area contributed by atoms with Crippen molar-refractivity contribution in [1.29, 1.82) is 0 Å². The molecule has 0 aromatic heterocycles. The number of nitrogens with one attached hydrogen (secondary N) is 1. The highest BCUT2D eigenvalue weighted by molar-refractivity contribution is 5.91. The van der Waals surface area contributed by atoms with Crippen LogP contribution < -0.4 is 5.32 Å². The molecule has 0 unspecified atom stereocenters. The molecule has 3 N–H and O–H groups in total. The van der Waals surface area contributed by atoms with Gasteiger partial charge in [0, 0.05) is 13.5 Å². The van der Waals surface area contributed by atoms with E-state index < -0.39 is 36.4 Å². The number of amides is 2. The molecular weight excluding hydrogens is 256 g/mol. The summed E-state index contributed by atoms with van der Waals surface area (Å²) in [4.78, 5) is 45.9. The van der Waals surface area contributed by atoms with Crippen LogP contribution in [0.3, 0.4) is 0 Å². The molecule has 1 fully saturated rings. The molecule has 8 heteroatoms. The van der Waals surface area contributed by atoms with Crippen LogP contribution in [0.2, 0.25) is 0 Å². The van der Waals surface area contributed by atoms with Gasteiger partial charge in [-0.1, -0.05) is 0 Å². The minimum Gasteiger partial charge on any atom is -0.481 e.